The number of ether oxygens (including phenoxy) is 1. The average molecular weight is 272 g/mol. The lowest BCUT2D eigenvalue weighted by molar-refractivity contribution is -0.141. The Bertz CT molecular complexity index is 324. The van der Waals surface area contributed by atoms with Gasteiger partial charge in [-0.25, -0.2) is 4.79 Å². The second-order valence-electron chi connectivity index (χ2n) is 6.05. The number of carbonyl (C=O) groups excluding carboxylic acids is 1. The molecule has 1 rings (SSSR count). The van der Waals surface area contributed by atoms with E-state index in [0.717, 1.165) is 6.42 Å². The smallest absolute Gasteiger partial charge is 0.333 e. The van der Waals surface area contributed by atoms with E-state index in [9.17, 15) is 4.79 Å². The van der Waals surface area contributed by atoms with Crippen molar-refractivity contribution in [3.63, 3.8) is 0 Å². The fraction of sp³-hybridized carbons (Fsp3) is 0.750. The highest BCUT2D eigenvalue weighted by Crippen LogP contribution is 2.33. The van der Waals surface area contributed by atoms with E-state index in [1.54, 1.807) is 6.92 Å². The van der Waals surface area contributed by atoms with Crippen LogP contribution in [0.1, 0.15) is 13.3 Å². The van der Waals surface area contributed by atoms with Crippen molar-refractivity contribution in [2.45, 2.75) is 51.7 Å². The van der Waals surface area contributed by atoms with Crippen molar-refractivity contribution in [3.8, 4) is 0 Å². The van der Waals surface area contributed by atoms with E-state index < -0.39 is 15.4 Å². The summed E-state index contributed by atoms with van der Waals surface area (Å²) in [6.45, 7) is 15.0. The maximum Gasteiger partial charge on any atom is 0.333 e. The zero-order valence-corrected chi connectivity index (χ0v) is 13.6. The van der Waals surface area contributed by atoms with Crippen LogP contribution in [0.15, 0.2) is 12.2 Å². The third-order valence-corrected chi connectivity index (χ3v) is 20.5. The van der Waals surface area contributed by atoms with Gasteiger partial charge in [-0.05, 0) is 26.4 Å². The molecule has 17 heavy (non-hydrogen) atoms. The van der Waals surface area contributed by atoms with Crippen molar-refractivity contribution in [1.82, 2.24) is 0 Å². The van der Waals surface area contributed by atoms with Crippen LogP contribution in [0.4, 0.5) is 0 Å². The molecule has 1 aliphatic rings. The molecule has 0 aliphatic carbocycles. The topological polar surface area (TPSA) is 35.5 Å². The molecule has 5 heteroatoms. The van der Waals surface area contributed by atoms with Gasteiger partial charge in [0, 0.05) is 5.57 Å². The van der Waals surface area contributed by atoms with Crippen molar-refractivity contribution in [3.05, 3.63) is 12.2 Å². The molecule has 1 unspecified atom stereocenters. The molecule has 0 N–H and O–H groups in total. The number of esters is 1. The first kappa shape index (κ1) is 14.7. The molecule has 1 aliphatic heterocycles. The Morgan fingerprint density at radius 1 is 1.41 bits per heavy atom. The average Bonchev–Trinajstić information content (AvgIpc) is 2.19. The van der Waals surface area contributed by atoms with Gasteiger partial charge in [-0.3, -0.25) is 0 Å². The van der Waals surface area contributed by atoms with Gasteiger partial charge >= 0.3 is 5.97 Å². The molecule has 0 bridgehead atoms. The first-order valence-corrected chi connectivity index (χ1v) is 13.3. The fourth-order valence-electron chi connectivity index (χ4n) is 1.87. The van der Waals surface area contributed by atoms with Crippen LogP contribution in [0.3, 0.4) is 0 Å². The molecule has 1 saturated heterocycles. The summed E-state index contributed by atoms with van der Waals surface area (Å²) < 4.78 is 11.4. The molecule has 3 nitrogen and oxygen atoms in total. The van der Waals surface area contributed by atoms with Gasteiger partial charge < -0.3 is 9.16 Å². The Morgan fingerprint density at radius 3 is 2.47 bits per heavy atom. The summed E-state index contributed by atoms with van der Waals surface area (Å²) in [5.74, 6) is -0.310. The van der Waals surface area contributed by atoms with Gasteiger partial charge in [-0.15, -0.1) is 0 Å². The highest BCUT2D eigenvalue weighted by atomic mass is 29.3. The van der Waals surface area contributed by atoms with Gasteiger partial charge in [-0.1, -0.05) is 25.7 Å². The molecular formula is C12H24O3Si2. The third-order valence-electron chi connectivity index (χ3n) is 3.93. The summed E-state index contributed by atoms with van der Waals surface area (Å²) in [5.41, 5.74) is 0.451. The van der Waals surface area contributed by atoms with Gasteiger partial charge in [0.2, 0.25) is 0 Å². The molecule has 1 atom stereocenters. The number of hydrogen-bond acceptors (Lipinski definition) is 3. The van der Waals surface area contributed by atoms with E-state index in [2.05, 4.69) is 32.8 Å². The Hall–Kier alpha value is -0.396. The van der Waals surface area contributed by atoms with E-state index in [1.165, 1.54) is 6.04 Å². The molecule has 1 heterocycles. The molecular weight excluding hydrogens is 248 g/mol. The van der Waals surface area contributed by atoms with Crippen molar-refractivity contribution in [2.24, 2.45) is 0 Å². The predicted octanol–water partition coefficient (Wildman–Crippen LogP) is 2.89. The van der Waals surface area contributed by atoms with Crippen LogP contribution in [0.25, 0.3) is 0 Å². The van der Waals surface area contributed by atoms with E-state index in [4.69, 9.17) is 9.16 Å². The second kappa shape index (κ2) is 5.08. The van der Waals surface area contributed by atoms with Crippen LogP contribution in [0.5, 0.6) is 0 Å². The van der Waals surface area contributed by atoms with Crippen molar-refractivity contribution in [2.75, 3.05) is 6.61 Å². The summed E-state index contributed by atoms with van der Waals surface area (Å²) in [6.07, 6.45) is 1.12. The van der Waals surface area contributed by atoms with Crippen molar-refractivity contribution < 1.29 is 14.0 Å². The Morgan fingerprint density at radius 2 is 2.00 bits per heavy atom. The summed E-state index contributed by atoms with van der Waals surface area (Å²) in [7, 11) is -2.73. The maximum atomic E-state index is 11.3. The molecule has 0 radical (unpaired) electrons. The summed E-state index contributed by atoms with van der Waals surface area (Å²) in [6, 6.07) is 1.28. The fourth-order valence-corrected chi connectivity index (χ4v) is 8.55. The van der Waals surface area contributed by atoms with Crippen LogP contribution in [0, 0.1) is 0 Å². The van der Waals surface area contributed by atoms with Crippen molar-refractivity contribution in [1.29, 1.82) is 0 Å². The zero-order valence-electron chi connectivity index (χ0n) is 11.6. The molecule has 0 aromatic heterocycles. The van der Waals surface area contributed by atoms with Gasteiger partial charge in [0.25, 0.3) is 0 Å². The first-order chi connectivity index (χ1) is 7.66. The quantitative estimate of drug-likeness (QED) is 0.450. The predicted molar refractivity (Wildman–Crippen MR) is 75.0 cm³/mol. The minimum Gasteiger partial charge on any atom is -0.460 e. The lowest BCUT2D eigenvalue weighted by atomic mass is 10.3. The van der Waals surface area contributed by atoms with Crippen LogP contribution >= 0.6 is 0 Å². The maximum absolute atomic E-state index is 11.3. The highest BCUT2D eigenvalue weighted by molar-refractivity contribution is 7.38. The number of carbonyl (C=O) groups is 1. The normalized spacial score (nSPS) is 26.3. The first-order valence-electron chi connectivity index (χ1n) is 6.16. The standard InChI is InChI=1S/C12H24O3Si2/c1-10(2)12(13)14-9-11-7-8-16(3,4)17(5,6)15-11/h11H,1,7-9H2,2-6H3. The molecule has 1 fully saturated rings. The third kappa shape index (κ3) is 3.53. The molecule has 0 amide bonds. The van der Waals surface area contributed by atoms with Crippen molar-refractivity contribution >= 4 is 21.4 Å². The molecule has 0 aromatic rings. The van der Waals surface area contributed by atoms with Gasteiger partial charge in [0.15, 0.2) is 7.83 Å². The SMILES string of the molecule is C=C(C)C(=O)OCC1CC[Si](C)(C)[Si](C)(C)O1. The molecule has 98 valence electrons. The van der Waals surface area contributed by atoms with E-state index in [1.807, 2.05) is 0 Å². The molecule has 0 spiro atoms. The lowest BCUT2D eigenvalue weighted by Gasteiger charge is -2.45. The summed E-state index contributed by atoms with van der Waals surface area (Å²) in [5, 5.41) is 0. The minimum absolute atomic E-state index is 0.0977. The van der Waals surface area contributed by atoms with Crippen LogP contribution in [-0.2, 0) is 14.0 Å². The Kier molecular flexibility index (Phi) is 4.38. The highest BCUT2D eigenvalue weighted by Gasteiger charge is 2.47. The van der Waals surface area contributed by atoms with Gasteiger partial charge in [0.1, 0.15) is 6.61 Å². The van der Waals surface area contributed by atoms with Crippen LogP contribution in [-0.4, -0.2) is 34.1 Å². The van der Waals surface area contributed by atoms with Crippen LogP contribution < -0.4 is 0 Å². The minimum atomic E-state index is -1.56. The Labute approximate surface area is 106 Å². The molecule has 0 saturated carbocycles. The zero-order chi connectivity index (χ0) is 13.3. The largest absolute Gasteiger partial charge is 0.460 e. The van der Waals surface area contributed by atoms with Gasteiger partial charge in [0.05, 0.1) is 13.7 Å². The van der Waals surface area contributed by atoms with E-state index in [-0.39, 0.29) is 12.1 Å². The molecule has 0 aromatic carbocycles. The van der Waals surface area contributed by atoms with E-state index in [0.29, 0.717) is 12.2 Å². The number of rotatable bonds is 3. The monoisotopic (exact) mass is 272 g/mol. The lowest BCUT2D eigenvalue weighted by Crippen LogP contribution is -2.62. The number of hydrogen-bond donors (Lipinski definition) is 0. The Balaban J connectivity index is 2.49. The second-order valence-corrected chi connectivity index (χ2v) is 21.2. The van der Waals surface area contributed by atoms with Gasteiger partial charge in [-0.2, -0.15) is 0 Å². The van der Waals surface area contributed by atoms with E-state index >= 15 is 0 Å². The van der Waals surface area contributed by atoms with Crippen LogP contribution in [0.2, 0.25) is 32.2 Å². The summed E-state index contributed by atoms with van der Waals surface area (Å²) >= 11 is 0. The summed E-state index contributed by atoms with van der Waals surface area (Å²) in [4.78, 5) is 11.3.